The quantitative estimate of drug-likeness (QED) is 0.799. The monoisotopic (exact) mass is 392 g/mol. The largest absolute Gasteiger partial charge is 0.347 e. The highest BCUT2D eigenvalue weighted by Gasteiger charge is 2.31. The lowest BCUT2D eigenvalue weighted by molar-refractivity contribution is -0.126. The molecule has 1 N–H and O–H groups in total. The molecule has 8 nitrogen and oxygen atoms in total. The molecule has 146 valence electrons. The standard InChI is InChI=1S/C18H24N4O4S/c1-13-4-3-5-15(10-13)12-27(24,25)22-8-6-16(7-9-22)18(23)19-11-17-20-14(2)21-26-17/h3-5,10,16H,6-9,11-12H2,1-2H3,(H,19,23). The van der Waals surface area contributed by atoms with Gasteiger partial charge in [-0.25, -0.2) is 12.7 Å². The molecule has 1 saturated heterocycles. The molecule has 0 bridgehead atoms. The molecule has 9 heteroatoms. The van der Waals surface area contributed by atoms with Crippen LogP contribution in [0.3, 0.4) is 0 Å². The average Bonchev–Trinajstić information content (AvgIpc) is 3.05. The van der Waals surface area contributed by atoms with Crippen LogP contribution in [0.4, 0.5) is 0 Å². The normalized spacial score (nSPS) is 16.4. The Morgan fingerprint density at radius 1 is 1.30 bits per heavy atom. The fourth-order valence-electron chi connectivity index (χ4n) is 3.22. The third-order valence-corrected chi connectivity index (χ3v) is 6.48. The lowest BCUT2D eigenvalue weighted by Crippen LogP contribution is -2.43. The minimum absolute atomic E-state index is 0.0118. The molecule has 1 fully saturated rings. The van der Waals surface area contributed by atoms with Crippen LogP contribution in [0, 0.1) is 19.8 Å². The zero-order valence-electron chi connectivity index (χ0n) is 15.5. The number of sulfonamides is 1. The summed E-state index contributed by atoms with van der Waals surface area (Å²) in [5, 5.41) is 6.45. The number of hydrogen-bond acceptors (Lipinski definition) is 6. The van der Waals surface area contributed by atoms with Crippen LogP contribution in [0.2, 0.25) is 0 Å². The molecule has 2 heterocycles. The predicted molar refractivity (Wildman–Crippen MR) is 99.0 cm³/mol. The van der Waals surface area contributed by atoms with Crippen molar-refractivity contribution < 1.29 is 17.7 Å². The molecular weight excluding hydrogens is 368 g/mol. The van der Waals surface area contributed by atoms with E-state index in [0.29, 0.717) is 37.6 Å². The van der Waals surface area contributed by atoms with Gasteiger partial charge in [0.2, 0.25) is 21.8 Å². The van der Waals surface area contributed by atoms with Gasteiger partial charge in [-0.15, -0.1) is 0 Å². The van der Waals surface area contributed by atoms with Gasteiger partial charge >= 0.3 is 0 Å². The van der Waals surface area contributed by atoms with Crippen LogP contribution in [0.1, 0.15) is 35.7 Å². The van der Waals surface area contributed by atoms with E-state index in [9.17, 15) is 13.2 Å². The molecule has 0 unspecified atom stereocenters. The van der Waals surface area contributed by atoms with Gasteiger partial charge in [0.15, 0.2) is 5.82 Å². The summed E-state index contributed by atoms with van der Waals surface area (Å²) in [5.41, 5.74) is 1.82. The third kappa shape index (κ3) is 5.14. The molecule has 1 aliphatic heterocycles. The van der Waals surface area contributed by atoms with Crippen molar-refractivity contribution in [1.29, 1.82) is 0 Å². The molecule has 1 aromatic carbocycles. The number of carbonyl (C=O) groups is 1. The van der Waals surface area contributed by atoms with Crippen LogP contribution < -0.4 is 5.32 Å². The van der Waals surface area contributed by atoms with Gasteiger partial charge < -0.3 is 9.84 Å². The van der Waals surface area contributed by atoms with Crippen molar-refractivity contribution in [3.63, 3.8) is 0 Å². The minimum atomic E-state index is -3.39. The summed E-state index contributed by atoms with van der Waals surface area (Å²) in [4.78, 5) is 16.3. The van der Waals surface area contributed by atoms with Gasteiger partial charge in [-0.2, -0.15) is 4.98 Å². The number of carbonyl (C=O) groups excluding carboxylic acids is 1. The number of amides is 1. The summed E-state index contributed by atoms with van der Waals surface area (Å²) in [5.74, 6) is 0.550. The summed E-state index contributed by atoms with van der Waals surface area (Å²) in [6, 6.07) is 7.51. The number of piperidine rings is 1. The molecule has 3 rings (SSSR count). The van der Waals surface area contributed by atoms with Gasteiger partial charge in [-0.1, -0.05) is 35.0 Å². The molecule has 0 atom stereocenters. The Labute approximate surface area is 159 Å². The highest BCUT2D eigenvalue weighted by atomic mass is 32.2. The first-order valence-electron chi connectivity index (χ1n) is 8.94. The van der Waals surface area contributed by atoms with Crippen molar-refractivity contribution in [1.82, 2.24) is 19.8 Å². The second-order valence-electron chi connectivity index (χ2n) is 6.87. The van der Waals surface area contributed by atoms with Gasteiger partial charge in [0.25, 0.3) is 0 Å². The number of hydrogen-bond donors (Lipinski definition) is 1. The van der Waals surface area contributed by atoms with E-state index in [-0.39, 0.29) is 24.1 Å². The molecule has 1 aromatic heterocycles. The Bertz CT molecular complexity index is 902. The van der Waals surface area contributed by atoms with Crippen LogP contribution in [0.25, 0.3) is 0 Å². The average molecular weight is 392 g/mol. The molecular formula is C18H24N4O4S. The maximum absolute atomic E-state index is 12.7. The number of rotatable bonds is 6. The van der Waals surface area contributed by atoms with Crippen molar-refractivity contribution in [2.75, 3.05) is 13.1 Å². The second kappa shape index (κ2) is 8.18. The molecule has 0 spiro atoms. The highest BCUT2D eigenvalue weighted by molar-refractivity contribution is 7.88. The summed E-state index contributed by atoms with van der Waals surface area (Å²) in [7, 11) is -3.39. The predicted octanol–water partition coefficient (Wildman–Crippen LogP) is 1.54. The molecule has 0 saturated carbocycles. The van der Waals surface area contributed by atoms with Crippen molar-refractivity contribution in [3.05, 3.63) is 47.1 Å². The van der Waals surface area contributed by atoms with E-state index in [2.05, 4.69) is 15.5 Å². The van der Waals surface area contributed by atoms with E-state index >= 15 is 0 Å². The van der Waals surface area contributed by atoms with Crippen molar-refractivity contribution in [2.45, 2.75) is 39.0 Å². The van der Waals surface area contributed by atoms with Crippen LogP contribution in [0.5, 0.6) is 0 Å². The zero-order valence-corrected chi connectivity index (χ0v) is 16.3. The van der Waals surface area contributed by atoms with Crippen LogP contribution >= 0.6 is 0 Å². The molecule has 0 aliphatic carbocycles. The van der Waals surface area contributed by atoms with Gasteiger partial charge in [-0.3, -0.25) is 4.79 Å². The fraction of sp³-hybridized carbons (Fsp3) is 0.500. The van der Waals surface area contributed by atoms with Gasteiger partial charge in [0.1, 0.15) is 0 Å². The van der Waals surface area contributed by atoms with Gasteiger partial charge in [0, 0.05) is 19.0 Å². The number of nitrogens with one attached hydrogen (secondary N) is 1. The Morgan fingerprint density at radius 2 is 2.04 bits per heavy atom. The first kappa shape index (κ1) is 19.5. The Hall–Kier alpha value is -2.26. The maximum Gasteiger partial charge on any atom is 0.246 e. The summed E-state index contributed by atoms with van der Waals surface area (Å²) in [6.45, 7) is 4.54. The van der Waals surface area contributed by atoms with E-state index in [4.69, 9.17) is 4.52 Å². The van der Waals surface area contributed by atoms with Crippen LogP contribution in [-0.2, 0) is 27.1 Å². The maximum atomic E-state index is 12.7. The first-order chi connectivity index (χ1) is 12.8. The third-order valence-electron chi connectivity index (χ3n) is 4.63. The number of nitrogens with zero attached hydrogens (tertiary/aromatic N) is 3. The lowest BCUT2D eigenvalue weighted by Gasteiger charge is -2.30. The van der Waals surface area contributed by atoms with E-state index in [1.54, 1.807) is 6.92 Å². The lowest BCUT2D eigenvalue weighted by atomic mass is 9.97. The SMILES string of the molecule is Cc1cccc(CS(=O)(=O)N2CCC(C(=O)NCc3nc(C)no3)CC2)c1. The highest BCUT2D eigenvalue weighted by Crippen LogP contribution is 2.22. The molecule has 2 aromatic rings. The Kier molecular flexibility index (Phi) is 5.91. The molecule has 1 amide bonds. The number of benzene rings is 1. The van der Waals surface area contributed by atoms with E-state index < -0.39 is 10.0 Å². The summed E-state index contributed by atoms with van der Waals surface area (Å²) < 4.78 is 31.8. The summed E-state index contributed by atoms with van der Waals surface area (Å²) >= 11 is 0. The van der Waals surface area contributed by atoms with E-state index in [0.717, 1.165) is 11.1 Å². The molecule has 0 radical (unpaired) electrons. The molecule has 27 heavy (non-hydrogen) atoms. The molecule has 1 aliphatic rings. The second-order valence-corrected chi connectivity index (χ2v) is 8.84. The van der Waals surface area contributed by atoms with Crippen molar-refractivity contribution in [2.24, 2.45) is 5.92 Å². The minimum Gasteiger partial charge on any atom is -0.347 e. The van der Waals surface area contributed by atoms with Crippen LogP contribution in [-0.4, -0.2) is 41.9 Å². The van der Waals surface area contributed by atoms with Gasteiger partial charge in [-0.05, 0) is 32.3 Å². The first-order valence-corrected chi connectivity index (χ1v) is 10.5. The number of aryl methyl sites for hydroxylation is 2. The van der Waals surface area contributed by atoms with Gasteiger partial charge in [0.05, 0.1) is 12.3 Å². The van der Waals surface area contributed by atoms with E-state index in [1.165, 1.54) is 4.31 Å². The van der Waals surface area contributed by atoms with Crippen LogP contribution in [0.15, 0.2) is 28.8 Å². The smallest absolute Gasteiger partial charge is 0.246 e. The summed E-state index contributed by atoms with van der Waals surface area (Å²) in [6.07, 6.45) is 1.00. The Morgan fingerprint density at radius 3 is 2.67 bits per heavy atom. The Balaban J connectivity index is 1.50. The fourth-order valence-corrected chi connectivity index (χ4v) is 4.77. The van der Waals surface area contributed by atoms with E-state index in [1.807, 2.05) is 31.2 Å². The topological polar surface area (TPSA) is 105 Å². The van der Waals surface area contributed by atoms with Crippen molar-refractivity contribution in [3.8, 4) is 0 Å². The number of aromatic nitrogens is 2. The zero-order chi connectivity index (χ0) is 19.4. The van der Waals surface area contributed by atoms with Crippen molar-refractivity contribution >= 4 is 15.9 Å².